The molecule has 1 aromatic heterocycles. The van der Waals surface area contributed by atoms with Crippen molar-refractivity contribution in [3.05, 3.63) is 21.8 Å². The summed E-state index contributed by atoms with van der Waals surface area (Å²) >= 11 is 2.99. The van der Waals surface area contributed by atoms with Gasteiger partial charge in [-0.1, -0.05) is 0 Å². The average Bonchev–Trinajstić information content (AvgIpc) is 1.96. The lowest BCUT2D eigenvalue weighted by Gasteiger charge is -2.06. The second kappa shape index (κ2) is 3.35. The van der Waals surface area contributed by atoms with Gasteiger partial charge in [-0.2, -0.15) is 0 Å². The maximum absolute atomic E-state index is 12.3. The molecule has 0 bridgehead atoms. The highest BCUT2D eigenvalue weighted by Gasteiger charge is 2.13. The summed E-state index contributed by atoms with van der Waals surface area (Å²) in [7, 11) is 0. The van der Waals surface area contributed by atoms with E-state index in [1.54, 1.807) is 0 Å². The molecule has 1 aromatic rings. The Morgan fingerprint density at radius 3 is 2.67 bits per heavy atom. The van der Waals surface area contributed by atoms with Crippen LogP contribution in [0.4, 0.5) is 14.6 Å². The van der Waals surface area contributed by atoms with Crippen molar-refractivity contribution in [2.75, 3.05) is 5.73 Å². The standard InChI is InChI=1S/C7H7BrF2N2/c1-3-4(6(9)10)2-5(8)12-7(3)11/h2,6H,1H3,(H2,11,12). The summed E-state index contributed by atoms with van der Waals surface area (Å²) in [6, 6.07) is 1.27. The zero-order valence-corrected chi connectivity index (χ0v) is 7.90. The van der Waals surface area contributed by atoms with E-state index in [1.807, 2.05) is 0 Å². The van der Waals surface area contributed by atoms with E-state index in [4.69, 9.17) is 5.73 Å². The fraction of sp³-hybridized carbons (Fsp3) is 0.286. The number of pyridine rings is 1. The third kappa shape index (κ3) is 1.72. The van der Waals surface area contributed by atoms with Crippen LogP contribution in [0.2, 0.25) is 0 Å². The molecule has 12 heavy (non-hydrogen) atoms. The van der Waals surface area contributed by atoms with Crippen LogP contribution in [0.5, 0.6) is 0 Å². The summed E-state index contributed by atoms with van der Waals surface area (Å²) in [5.74, 6) is 0.139. The normalized spacial score (nSPS) is 10.8. The number of nitrogens with zero attached hydrogens (tertiary/aromatic N) is 1. The van der Waals surface area contributed by atoms with Crippen molar-refractivity contribution in [1.29, 1.82) is 0 Å². The minimum absolute atomic E-state index is 0.0747. The smallest absolute Gasteiger partial charge is 0.264 e. The number of hydrogen-bond acceptors (Lipinski definition) is 2. The molecule has 2 nitrogen and oxygen atoms in total. The Bertz CT molecular complexity index is 302. The maximum Gasteiger partial charge on any atom is 0.264 e. The number of halogens is 3. The molecule has 0 unspecified atom stereocenters. The molecule has 66 valence electrons. The molecule has 0 amide bonds. The Hall–Kier alpha value is -0.710. The Kier molecular flexibility index (Phi) is 2.62. The van der Waals surface area contributed by atoms with Crippen molar-refractivity contribution in [2.24, 2.45) is 0 Å². The van der Waals surface area contributed by atoms with Crippen LogP contribution in [0, 0.1) is 6.92 Å². The lowest BCUT2D eigenvalue weighted by Crippen LogP contribution is -1.99. The molecule has 0 saturated carbocycles. The molecule has 0 aliphatic rings. The van der Waals surface area contributed by atoms with Gasteiger partial charge in [0.15, 0.2) is 0 Å². The van der Waals surface area contributed by atoms with E-state index in [9.17, 15) is 8.78 Å². The molecule has 0 aliphatic heterocycles. The number of nitrogens with two attached hydrogens (primary N) is 1. The summed E-state index contributed by atoms with van der Waals surface area (Å²) < 4.78 is 24.9. The molecular weight excluding hydrogens is 230 g/mol. The van der Waals surface area contributed by atoms with Crippen LogP contribution in [0.1, 0.15) is 17.6 Å². The lowest BCUT2D eigenvalue weighted by molar-refractivity contribution is 0.150. The molecule has 0 radical (unpaired) electrons. The summed E-state index contributed by atoms with van der Waals surface area (Å²) in [6.07, 6.45) is -2.51. The maximum atomic E-state index is 12.3. The third-order valence-electron chi connectivity index (χ3n) is 1.55. The number of anilines is 1. The van der Waals surface area contributed by atoms with Crippen LogP contribution in [-0.2, 0) is 0 Å². The molecule has 1 heterocycles. The zero-order valence-electron chi connectivity index (χ0n) is 6.31. The molecule has 0 fully saturated rings. The van der Waals surface area contributed by atoms with Crippen LogP contribution in [0.15, 0.2) is 10.7 Å². The highest BCUT2D eigenvalue weighted by atomic mass is 79.9. The first-order valence-corrected chi connectivity index (χ1v) is 4.02. The van der Waals surface area contributed by atoms with Crippen molar-refractivity contribution in [3.63, 3.8) is 0 Å². The van der Waals surface area contributed by atoms with E-state index < -0.39 is 6.43 Å². The van der Waals surface area contributed by atoms with Gasteiger partial charge in [-0.3, -0.25) is 0 Å². The highest BCUT2D eigenvalue weighted by molar-refractivity contribution is 9.10. The molecule has 0 spiro atoms. The molecule has 0 atom stereocenters. The van der Waals surface area contributed by atoms with Gasteiger partial charge in [-0.25, -0.2) is 13.8 Å². The van der Waals surface area contributed by atoms with Gasteiger partial charge in [0.25, 0.3) is 6.43 Å². The van der Waals surface area contributed by atoms with Crippen LogP contribution in [-0.4, -0.2) is 4.98 Å². The average molecular weight is 237 g/mol. The van der Waals surface area contributed by atoms with Crippen molar-refractivity contribution in [3.8, 4) is 0 Å². The monoisotopic (exact) mass is 236 g/mol. The summed E-state index contributed by atoms with van der Waals surface area (Å²) in [6.45, 7) is 1.52. The Morgan fingerprint density at radius 2 is 2.17 bits per heavy atom. The molecule has 2 N–H and O–H groups in total. The van der Waals surface area contributed by atoms with Gasteiger partial charge < -0.3 is 5.73 Å². The predicted octanol–water partition coefficient (Wildman–Crippen LogP) is 2.67. The second-order valence-corrected chi connectivity index (χ2v) is 3.16. The fourth-order valence-electron chi connectivity index (χ4n) is 0.842. The first-order valence-electron chi connectivity index (χ1n) is 3.23. The zero-order chi connectivity index (χ0) is 9.30. The number of alkyl halides is 2. The summed E-state index contributed by atoms with van der Waals surface area (Å²) in [5.41, 5.74) is 5.65. The topological polar surface area (TPSA) is 38.9 Å². The van der Waals surface area contributed by atoms with Crippen LogP contribution in [0.25, 0.3) is 0 Å². The molecule has 0 saturated heterocycles. The number of nitrogen functional groups attached to an aromatic ring is 1. The first kappa shape index (κ1) is 9.38. The van der Waals surface area contributed by atoms with Crippen molar-refractivity contribution in [1.82, 2.24) is 4.98 Å². The van der Waals surface area contributed by atoms with Crippen molar-refractivity contribution >= 4 is 21.7 Å². The van der Waals surface area contributed by atoms with Gasteiger partial charge in [0.2, 0.25) is 0 Å². The Balaban J connectivity index is 3.28. The van der Waals surface area contributed by atoms with Crippen LogP contribution >= 0.6 is 15.9 Å². The highest BCUT2D eigenvalue weighted by Crippen LogP contribution is 2.27. The van der Waals surface area contributed by atoms with E-state index >= 15 is 0 Å². The van der Waals surface area contributed by atoms with E-state index in [0.717, 1.165) is 0 Å². The first-order chi connectivity index (χ1) is 5.52. The minimum atomic E-state index is -2.51. The van der Waals surface area contributed by atoms with Gasteiger partial charge in [-0.15, -0.1) is 0 Å². The summed E-state index contributed by atoms with van der Waals surface area (Å²) in [4.78, 5) is 3.78. The van der Waals surface area contributed by atoms with Gasteiger partial charge in [0, 0.05) is 11.1 Å². The molecular formula is C7H7BrF2N2. The lowest BCUT2D eigenvalue weighted by atomic mass is 10.1. The number of hydrogen-bond donors (Lipinski definition) is 1. The fourth-order valence-corrected chi connectivity index (χ4v) is 1.28. The molecule has 1 rings (SSSR count). The van der Waals surface area contributed by atoms with E-state index in [2.05, 4.69) is 20.9 Å². The van der Waals surface area contributed by atoms with Gasteiger partial charge >= 0.3 is 0 Å². The Labute approximate surface area is 76.9 Å². The largest absolute Gasteiger partial charge is 0.383 e. The minimum Gasteiger partial charge on any atom is -0.383 e. The second-order valence-electron chi connectivity index (χ2n) is 2.35. The van der Waals surface area contributed by atoms with E-state index in [1.165, 1.54) is 13.0 Å². The third-order valence-corrected chi connectivity index (χ3v) is 1.96. The van der Waals surface area contributed by atoms with Gasteiger partial charge in [0.1, 0.15) is 10.4 Å². The van der Waals surface area contributed by atoms with Crippen molar-refractivity contribution < 1.29 is 8.78 Å². The molecule has 0 aliphatic carbocycles. The summed E-state index contributed by atoms with van der Waals surface area (Å²) in [5, 5.41) is 0. The molecule has 5 heteroatoms. The number of rotatable bonds is 1. The SMILES string of the molecule is Cc1c(C(F)F)cc(Br)nc1N. The van der Waals surface area contributed by atoms with Gasteiger partial charge in [-0.05, 0) is 28.9 Å². The van der Waals surface area contributed by atoms with Crippen LogP contribution in [0.3, 0.4) is 0 Å². The van der Waals surface area contributed by atoms with Crippen molar-refractivity contribution in [2.45, 2.75) is 13.3 Å². The quantitative estimate of drug-likeness (QED) is 0.762. The number of aromatic nitrogens is 1. The van der Waals surface area contributed by atoms with Gasteiger partial charge in [0.05, 0.1) is 0 Å². The van der Waals surface area contributed by atoms with E-state index in [0.29, 0.717) is 10.2 Å². The van der Waals surface area contributed by atoms with Crippen LogP contribution < -0.4 is 5.73 Å². The van der Waals surface area contributed by atoms with E-state index in [-0.39, 0.29) is 11.4 Å². The molecule has 0 aromatic carbocycles. The predicted molar refractivity (Wildman–Crippen MR) is 46.0 cm³/mol. The Morgan fingerprint density at radius 1 is 1.58 bits per heavy atom.